The predicted molar refractivity (Wildman–Crippen MR) is 106 cm³/mol. The topological polar surface area (TPSA) is 67.6 Å². The van der Waals surface area contributed by atoms with Gasteiger partial charge in [0.15, 0.2) is 5.96 Å². The number of halogens is 1. The first-order valence-electron chi connectivity index (χ1n) is 8.57. The van der Waals surface area contributed by atoms with Crippen LogP contribution >= 0.6 is 0 Å². The maximum Gasteiger partial charge on any atom is 0.192 e. The van der Waals surface area contributed by atoms with Gasteiger partial charge in [-0.15, -0.1) is 0 Å². The Morgan fingerprint density at radius 2 is 2.04 bits per heavy atom. The molecule has 26 heavy (non-hydrogen) atoms. The Morgan fingerprint density at radius 3 is 2.69 bits per heavy atom. The van der Waals surface area contributed by atoms with Gasteiger partial charge in [0.25, 0.3) is 0 Å². The van der Waals surface area contributed by atoms with Gasteiger partial charge in [0.05, 0.1) is 0 Å². The van der Waals surface area contributed by atoms with E-state index >= 15 is 0 Å². The number of fused-ring (bicyclic) bond motifs is 1. The van der Waals surface area contributed by atoms with E-state index in [1.165, 1.54) is 11.6 Å². The second kappa shape index (κ2) is 7.44. The molecule has 5 heteroatoms. The number of nitrogens with two attached hydrogens (primary N) is 2. The third-order valence-corrected chi connectivity index (χ3v) is 4.62. The third-order valence-electron chi connectivity index (χ3n) is 4.62. The molecule has 2 aromatic rings. The van der Waals surface area contributed by atoms with Crippen molar-refractivity contribution in [3.8, 4) is 11.1 Å². The Bertz CT molecular complexity index is 895. The van der Waals surface area contributed by atoms with Gasteiger partial charge < -0.3 is 16.4 Å². The molecule has 0 radical (unpaired) electrons. The van der Waals surface area contributed by atoms with Crippen LogP contribution in [0.25, 0.3) is 17.2 Å². The first-order valence-corrected chi connectivity index (χ1v) is 8.57. The van der Waals surface area contributed by atoms with Crippen molar-refractivity contribution in [1.29, 1.82) is 0 Å². The van der Waals surface area contributed by atoms with E-state index in [1.807, 2.05) is 37.3 Å². The summed E-state index contributed by atoms with van der Waals surface area (Å²) in [4.78, 5) is 6.32. The lowest BCUT2D eigenvalue weighted by Crippen LogP contribution is -2.32. The van der Waals surface area contributed by atoms with Crippen LogP contribution in [-0.4, -0.2) is 17.4 Å². The molecule has 3 rings (SSSR count). The van der Waals surface area contributed by atoms with Gasteiger partial charge in [-0.3, -0.25) is 0 Å². The smallest absolute Gasteiger partial charge is 0.192 e. The van der Waals surface area contributed by atoms with Gasteiger partial charge in [-0.05, 0) is 47.7 Å². The van der Waals surface area contributed by atoms with Gasteiger partial charge in [0.1, 0.15) is 11.6 Å². The first kappa shape index (κ1) is 17.7. The molecule has 1 heterocycles. The highest BCUT2D eigenvalue weighted by Crippen LogP contribution is 2.33. The Labute approximate surface area is 153 Å². The van der Waals surface area contributed by atoms with Crippen molar-refractivity contribution in [2.75, 3.05) is 6.54 Å². The molecular formula is C21H23FN4. The SMILES string of the molecule is C=Cc1ccc(-c2cccc3c2CN(C(=CC)N=C(N)N)CC3)c(F)c1. The summed E-state index contributed by atoms with van der Waals surface area (Å²) in [5, 5.41) is 0. The van der Waals surface area contributed by atoms with E-state index in [0.29, 0.717) is 12.1 Å². The number of hydrogen-bond acceptors (Lipinski definition) is 2. The zero-order chi connectivity index (χ0) is 18.7. The molecular weight excluding hydrogens is 327 g/mol. The predicted octanol–water partition coefficient (Wildman–Crippen LogP) is 3.63. The molecule has 0 saturated carbocycles. The van der Waals surface area contributed by atoms with Gasteiger partial charge in [-0.25, -0.2) is 4.39 Å². The molecule has 0 amide bonds. The fourth-order valence-electron chi connectivity index (χ4n) is 3.36. The van der Waals surface area contributed by atoms with Crippen LogP contribution in [0.4, 0.5) is 4.39 Å². The summed E-state index contributed by atoms with van der Waals surface area (Å²) >= 11 is 0. The number of aliphatic imine (C=N–C) groups is 1. The lowest BCUT2D eigenvalue weighted by Gasteiger charge is -2.32. The number of nitrogens with zero attached hydrogens (tertiary/aromatic N) is 2. The zero-order valence-electron chi connectivity index (χ0n) is 14.9. The first-order chi connectivity index (χ1) is 12.5. The van der Waals surface area contributed by atoms with E-state index in [9.17, 15) is 4.39 Å². The second-order valence-electron chi connectivity index (χ2n) is 6.24. The van der Waals surface area contributed by atoms with Crippen molar-refractivity contribution < 1.29 is 4.39 Å². The minimum absolute atomic E-state index is 0.0308. The highest BCUT2D eigenvalue weighted by Gasteiger charge is 2.22. The summed E-state index contributed by atoms with van der Waals surface area (Å²) in [5.74, 6) is 0.513. The summed E-state index contributed by atoms with van der Waals surface area (Å²) < 4.78 is 14.7. The number of rotatable bonds is 4. The van der Waals surface area contributed by atoms with Crippen molar-refractivity contribution in [2.45, 2.75) is 19.9 Å². The fourth-order valence-corrected chi connectivity index (χ4v) is 3.36. The number of hydrogen-bond donors (Lipinski definition) is 2. The quantitative estimate of drug-likeness (QED) is 0.654. The Kier molecular flexibility index (Phi) is 5.07. The van der Waals surface area contributed by atoms with E-state index < -0.39 is 0 Å². The minimum atomic E-state index is -0.247. The molecule has 1 aliphatic heterocycles. The molecule has 1 aliphatic rings. The van der Waals surface area contributed by atoms with E-state index in [1.54, 1.807) is 6.08 Å². The largest absolute Gasteiger partial charge is 0.370 e. The monoisotopic (exact) mass is 350 g/mol. The summed E-state index contributed by atoms with van der Waals surface area (Å²) in [6.45, 7) is 7.03. The lowest BCUT2D eigenvalue weighted by atomic mass is 9.90. The molecule has 0 aliphatic carbocycles. The van der Waals surface area contributed by atoms with Gasteiger partial charge in [-0.1, -0.05) is 43.0 Å². The van der Waals surface area contributed by atoms with Crippen LogP contribution in [0.1, 0.15) is 23.6 Å². The molecule has 2 aromatic carbocycles. The molecule has 4 nitrogen and oxygen atoms in total. The number of benzene rings is 2. The number of allylic oxidation sites excluding steroid dienone is 1. The number of guanidine groups is 1. The van der Waals surface area contributed by atoms with E-state index in [0.717, 1.165) is 35.5 Å². The van der Waals surface area contributed by atoms with Crippen molar-refractivity contribution in [1.82, 2.24) is 4.90 Å². The van der Waals surface area contributed by atoms with Crippen molar-refractivity contribution >= 4 is 12.0 Å². The van der Waals surface area contributed by atoms with Crippen LogP contribution in [-0.2, 0) is 13.0 Å². The molecule has 0 aromatic heterocycles. The maximum absolute atomic E-state index is 14.7. The highest BCUT2D eigenvalue weighted by atomic mass is 19.1. The molecule has 0 saturated heterocycles. The standard InChI is InChI=1S/C21H23FN4/c1-3-14-8-9-17(19(22)12-14)16-7-5-6-15-10-11-26(13-18(15)16)20(4-2)25-21(23)24/h3-9,12H,1,10-11,13H2,2H3,(H4,23,24,25). The van der Waals surface area contributed by atoms with Gasteiger partial charge in [0, 0.05) is 18.7 Å². The van der Waals surface area contributed by atoms with E-state index in [-0.39, 0.29) is 11.8 Å². The highest BCUT2D eigenvalue weighted by molar-refractivity contribution is 5.77. The fraction of sp³-hybridized carbons (Fsp3) is 0.190. The van der Waals surface area contributed by atoms with Crippen LogP contribution in [0.2, 0.25) is 0 Å². The average Bonchev–Trinajstić information content (AvgIpc) is 2.65. The molecule has 0 fully saturated rings. The van der Waals surface area contributed by atoms with Crippen LogP contribution in [0.3, 0.4) is 0 Å². The summed E-state index contributed by atoms with van der Waals surface area (Å²) in [6, 6.07) is 11.2. The van der Waals surface area contributed by atoms with Gasteiger partial charge >= 0.3 is 0 Å². The van der Waals surface area contributed by atoms with Crippen LogP contribution < -0.4 is 11.5 Å². The normalized spacial score (nSPS) is 13.9. The molecule has 0 unspecified atom stereocenters. The second-order valence-corrected chi connectivity index (χ2v) is 6.24. The molecule has 0 atom stereocenters. The van der Waals surface area contributed by atoms with Crippen LogP contribution in [0.5, 0.6) is 0 Å². The summed E-state index contributed by atoms with van der Waals surface area (Å²) in [5.41, 5.74) is 15.7. The molecule has 4 N–H and O–H groups in total. The minimum Gasteiger partial charge on any atom is -0.370 e. The lowest BCUT2D eigenvalue weighted by molar-refractivity contribution is 0.319. The average molecular weight is 350 g/mol. The van der Waals surface area contributed by atoms with Gasteiger partial charge in [-0.2, -0.15) is 4.99 Å². The molecule has 134 valence electrons. The zero-order valence-corrected chi connectivity index (χ0v) is 14.9. The van der Waals surface area contributed by atoms with E-state index in [2.05, 4.69) is 22.5 Å². The maximum atomic E-state index is 14.7. The molecule has 0 bridgehead atoms. The van der Waals surface area contributed by atoms with Gasteiger partial charge in [0.2, 0.25) is 0 Å². The van der Waals surface area contributed by atoms with Crippen LogP contribution in [0, 0.1) is 5.82 Å². The van der Waals surface area contributed by atoms with Crippen molar-refractivity contribution in [2.24, 2.45) is 16.5 Å². The van der Waals surface area contributed by atoms with Crippen molar-refractivity contribution in [3.63, 3.8) is 0 Å². The van der Waals surface area contributed by atoms with E-state index in [4.69, 9.17) is 11.5 Å². The Balaban J connectivity index is 2.03. The van der Waals surface area contributed by atoms with Crippen LogP contribution in [0.15, 0.2) is 59.9 Å². The summed E-state index contributed by atoms with van der Waals surface area (Å²) in [7, 11) is 0. The Hall–Kier alpha value is -3.08. The third kappa shape index (κ3) is 3.47. The Morgan fingerprint density at radius 1 is 1.23 bits per heavy atom. The summed E-state index contributed by atoms with van der Waals surface area (Å²) in [6.07, 6.45) is 4.38. The molecule has 0 spiro atoms. The van der Waals surface area contributed by atoms with Crippen molar-refractivity contribution in [3.05, 3.63) is 77.4 Å².